The van der Waals surface area contributed by atoms with E-state index < -0.39 is 16.2 Å². The first kappa shape index (κ1) is 18.2. The summed E-state index contributed by atoms with van der Waals surface area (Å²) >= 11 is 0. The van der Waals surface area contributed by atoms with Gasteiger partial charge in [0, 0.05) is 24.0 Å². The number of carboxylic acids is 1. The molecule has 2 aromatic rings. The average molecular weight is 384 g/mol. The molecule has 1 aliphatic rings. The number of nitrogen functional groups attached to an aromatic ring is 1. The van der Waals surface area contributed by atoms with E-state index in [-0.39, 0.29) is 5.84 Å². The lowest BCUT2D eigenvalue weighted by molar-refractivity contribution is -0.131. The normalized spacial score (nSPS) is 15.4. The van der Waals surface area contributed by atoms with Crippen molar-refractivity contribution >= 4 is 39.5 Å². The van der Waals surface area contributed by atoms with E-state index >= 15 is 0 Å². The number of amidine groups is 1. The van der Waals surface area contributed by atoms with Crippen LogP contribution in [0.25, 0.3) is 6.08 Å². The van der Waals surface area contributed by atoms with Crippen molar-refractivity contribution < 1.29 is 18.3 Å². The van der Waals surface area contributed by atoms with Crippen LogP contribution in [0.4, 0.5) is 11.4 Å². The fourth-order valence-electron chi connectivity index (χ4n) is 2.50. The Hall–Kier alpha value is -3.59. The number of aliphatic carboxylic acids is 1. The second-order valence-corrected chi connectivity index (χ2v) is 7.30. The van der Waals surface area contributed by atoms with Crippen LogP contribution >= 0.6 is 0 Å². The third kappa shape index (κ3) is 3.67. The Labute approximate surface area is 156 Å². The van der Waals surface area contributed by atoms with Gasteiger partial charge in [-0.2, -0.15) is 8.42 Å². The summed E-state index contributed by atoms with van der Waals surface area (Å²) in [6.45, 7) is 0. The standard InChI is InChI=1S/C18H16N4O4S/c19-18(20)14-4-8-16(9-5-14)22-12-11-21(27(22,25)26)15-6-1-13(2-7-15)3-10-17(23)24/h1-12H,(H3,19,20)(H,23,24). The number of hydrogen-bond acceptors (Lipinski definition) is 4. The lowest BCUT2D eigenvalue weighted by atomic mass is 10.2. The van der Waals surface area contributed by atoms with Crippen molar-refractivity contribution in [1.29, 1.82) is 5.41 Å². The molecule has 0 radical (unpaired) electrons. The van der Waals surface area contributed by atoms with Crippen molar-refractivity contribution in [3.8, 4) is 0 Å². The van der Waals surface area contributed by atoms with E-state index in [4.69, 9.17) is 16.2 Å². The van der Waals surface area contributed by atoms with Crippen molar-refractivity contribution in [2.24, 2.45) is 5.73 Å². The van der Waals surface area contributed by atoms with E-state index in [9.17, 15) is 13.2 Å². The van der Waals surface area contributed by atoms with Crippen LogP contribution in [-0.2, 0) is 15.0 Å². The molecule has 0 saturated heterocycles. The van der Waals surface area contributed by atoms with E-state index in [1.54, 1.807) is 48.5 Å². The number of rotatable bonds is 5. The first-order valence-corrected chi connectivity index (χ1v) is 9.16. The molecule has 3 rings (SSSR count). The molecule has 0 aromatic heterocycles. The molecule has 8 nitrogen and oxygen atoms in total. The van der Waals surface area contributed by atoms with Gasteiger partial charge in [-0.25, -0.2) is 13.4 Å². The monoisotopic (exact) mass is 384 g/mol. The van der Waals surface area contributed by atoms with Crippen LogP contribution < -0.4 is 14.3 Å². The first-order chi connectivity index (χ1) is 12.8. The average Bonchev–Trinajstić information content (AvgIpc) is 2.95. The molecule has 0 saturated carbocycles. The number of carbonyl (C=O) groups is 1. The molecule has 4 N–H and O–H groups in total. The van der Waals surface area contributed by atoms with E-state index in [2.05, 4.69) is 0 Å². The molecule has 9 heteroatoms. The van der Waals surface area contributed by atoms with Crippen LogP contribution in [-0.4, -0.2) is 25.3 Å². The van der Waals surface area contributed by atoms with Gasteiger partial charge in [0.2, 0.25) is 0 Å². The molecular weight excluding hydrogens is 368 g/mol. The van der Waals surface area contributed by atoms with E-state index in [1.807, 2.05) is 0 Å². The summed E-state index contributed by atoms with van der Waals surface area (Å²) in [4.78, 5) is 10.6. The van der Waals surface area contributed by atoms with Crippen molar-refractivity contribution in [3.63, 3.8) is 0 Å². The van der Waals surface area contributed by atoms with Crippen molar-refractivity contribution in [2.45, 2.75) is 0 Å². The maximum absolute atomic E-state index is 12.8. The Morgan fingerprint density at radius 3 is 1.89 bits per heavy atom. The molecule has 0 bridgehead atoms. The molecule has 0 atom stereocenters. The second kappa shape index (κ2) is 6.96. The molecule has 0 fully saturated rings. The van der Waals surface area contributed by atoms with E-state index in [1.165, 1.54) is 18.5 Å². The van der Waals surface area contributed by atoms with Crippen LogP contribution in [0.5, 0.6) is 0 Å². The van der Waals surface area contributed by atoms with Crippen LogP contribution in [0.15, 0.2) is 67.0 Å². The van der Waals surface area contributed by atoms with Crippen molar-refractivity contribution in [1.82, 2.24) is 0 Å². The van der Waals surface area contributed by atoms with Gasteiger partial charge < -0.3 is 10.8 Å². The second-order valence-electron chi connectivity index (χ2n) is 5.62. The van der Waals surface area contributed by atoms with Gasteiger partial charge in [0.15, 0.2) is 0 Å². The molecule has 138 valence electrons. The topological polar surface area (TPSA) is 128 Å². The van der Waals surface area contributed by atoms with Gasteiger partial charge in [0.1, 0.15) is 5.84 Å². The highest BCUT2D eigenvalue weighted by Gasteiger charge is 2.32. The summed E-state index contributed by atoms with van der Waals surface area (Å²) in [5.41, 5.74) is 7.38. The summed E-state index contributed by atoms with van der Waals surface area (Å²) in [6.07, 6.45) is 5.28. The third-order valence-electron chi connectivity index (χ3n) is 3.83. The summed E-state index contributed by atoms with van der Waals surface area (Å²) in [5.74, 6) is -1.16. The minimum Gasteiger partial charge on any atom is -0.478 e. The Kier molecular flexibility index (Phi) is 4.70. The number of hydrogen-bond donors (Lipinski definition) is 3. The van der Waals surface area contributed by atoms with Crippen LogP contribution in [0.1, 0.15) is 11.1 Å². The predicted molar refractivity (Wildman–Crippen MR) is 104 cm³/mol. The Balaban J connectivity index is 1.84. The first-order valence-electron chi connectivity index (χ1n) is 7.77. The highest BCUT2D eigenvalue weighted by Crippen LogP contribution is 2.30. The minimum absolute atomic E-state index is 0.0972. The van der Waals surface area contributed by atoms with E-state index in [0.29, 0.717) is 22.5 Å². The molecule has 0 spiro atoms. The van der Waals surface area contributed by atoms with E-state index in [0.717, 1.165) is 14.7 Å². The van der Waals surface area contributed by atoms with Gasteiger partial charge in [-0.15, -0.1) is 0 Å². The van der Waals surface area contributed by atoms with Gasteiger partial charge in [0.05, 0.1) is 11.4 Å². The predicted octanol–water partition coefficient (Wildman–Crippen LogP) is 2.11. The number of nitrogens with two attached hydrogens (primary N) is 1. The smallest absolute Gasteiger partial charge is 0.334 e. The quantitative estimate of drug-likeness (QED) is 0.413. The molecular formula is C18H16N4O4S. The Bertz CT molecular complexity index is 1040. The summed E-state index contributed by atoms with van der Waals surface area (Å²) in [5, 5.41) is 16.0. The summed E-state index contributed by atoms with van der Waals surface area (Å²) in [7, 11) is -3.85. The highest BCUT2D eigenvalue weighted by molar-refractivity contribution is 7.94. The van der Waals surface area contributed by atoms with Gasteiger partial charge in [-0.3, -0.25) is 5.41 Å². The molecule has 1 heterocycles. The fraction of sp³-hybridized carbons (Fsp3) is 0. The molecule has 0 unspecified atom stereocenters. The highest BCUT2D eigenvalue weighted by atomic mass is 32.2. The van der Waals surface area contributed by atoms with Gasteiger partial charge >= 0.3 is 16.2 Å². The molecule has 0 amide bonds. The van der Waals surface area contributed by atoms with Crippen LogP contribution in [0.2, 0.25) is 0 Å². The van der Waals surface area contributed by atoms with Crippen LogP contribution in [0, 0.1) is 5.41 Å². The Morgan fingerprint density at radius 1 is 0.963 bits per heavy atom. The number of nitrogens with zero attached hydrogens (tertiary/aromatic N) is 2. The lowest BCUT2D eigenvalue weighted by Gasteiger charge is -2.21. The zero-order valence-electron chi connectivity index (χ0n) is 14.0. The maximum atomic E-state index is 12.8. The number of anilines is 2. The zero-order valence-corrected chi connectivity index (χ0v) is 14.8. The molecule has 27 heavy (non-hydrogen) atoms. The molecule has 1 aliphatic heterocycles. The number of carboxylic acid groups (broad SMARTS) is 1. The number of benzene rings is 2. The summed E-state index contributed by atoms with van der Waals surface area (Å²) < 4.78 is 27.9. The maximum Gasteiger partial charge on any atom is 0.334 e. The van der Waals surface area contributed by atoms with Crippen LogP contribution in [0.3, 0.4) is 0 Å². The third-order valence-corrected chi connectivity index (χ3v) is 5.49. The van der Waals surface area contributed by atoms with Gasteiger partial charge in [-0.05, 0) is 48.0 Å². The summed E-state index contributed by atoms with van der Waals surface area (Å²) in [6, 6.07) is 12.7. The van der Waals surface area contributed by atoms with Crippen molar-refractivity contribution in [3.05, 3.63) is 78.1 Å². The fourth-order valence-corrected chi connectivity index (χ4v) is 3.88. The Morgan fingerprint density at radius 2 is 1.44 bits per heavy atom. The molecule has 0 aliphatic carbocycles. The van der Waals surface area contributed by atoms with Crippen molar-refractivity contribution in [2.75, 3.05) is 8.61 Å². The lowest BCUT2D eigenvalue weighted by Crippen LogP contribution is -2.32. The minimum atomic E-state index is -3.85. The SMILES string of the molecule is N=C(N)c1ccc(N2C=CN(c3ccc(C=CC(=O)O)cc3)S2(=O)=O)cc1. The zero-order chi connectivity index (χ0) is 19.6. The molecule has 2 aromatic carbocycles. The largest absolute Gasteiger partial charge is 0.478 e. The van der Waals surface area contributed by atoms with Gasteiger partial charge in [0.25, 0.3) is 0 Å². The number of nitrogens with one attached hydrogen (secondary N) is 1. The van der Waals surface area contributed by atoms with Gasteiger partial charge in [-0.1, -0.05) is 12.1 Å².